The lowest BCUT2D eigenvalue weighted by molar-refractivity contribution is -0.150. The molecule has 2 aromatic rings. The highest BCUT2D eigenvalue weighted by Crippen LogP contribution is 2.34. The van der Waals surface area contributed by atoms with Gasteiger partial charge in [-0.2, -0.15) is 0 Å². The van der Waals surface area contributed by atoms with Crippen LogP contribution in [0.2, 0.25) is 0 Å². The van der Waals surface area contributed by atoms with Gasteiger partial charge in [-0.15, -0.1) is 0 Å². The van der Waals surface area contributed by atoms with Crippen LogP contribution in [0.1, 0.15) is 11.7 Å². The quantitative estimate of drug-likeness (QED) is 0.882. The standard InChI is InChI=1S/C14H13BrO4/c1-18-11-6-3-8-7-9(15)4-5-10(8)12(11)13(16)14(17)19-2/h3-7,13,16H,1-2H3. The fourth-order valence-electron chi connectivity index (χ4n) is 1.99. The Bertz CT molecular complexity index is 624. The van der Waals surface area contributed by atoms with Gasteiger partial charge in [0.2, 0.25) is 0 Å². The third-order valence-electron chi connectivity index (χ3n) is 2.90. The molecule has 2 rings (SSSR count). The SMILES string of the molecule is COC(=O)C(O)c1c(OC)ccc2cc(Br)ccc12. The summed E-state index contributed by atoms with van der Waals surface area (Å²) in [6.45, 7) is 0. The predicted octanol–water partition coefficient (Wildman–Crippen LogP) is 2.82. The first-order chi connectivity index (χ1) is 9.08. The van der Waals surface area contributed by atoms with Crippen LogP contribution >= 0.6 is 15.9 Å². The molecule has 0 aliphatic carbocycles. The zero-order chi connectivity index (χ0) is 14.0. The monoisotopic (exact) mass is 324 g/mol. The van der Waals surface area contributed by atoms with E-state index in [1.807, 2.05) is 24.3 Å². The molecule has 1 unspecified atom stereocenters. The number of hydrogen-bond donors (Lipinski definition) is 1. The highest BCUT2D eigenvalue weighted by Gasteiger charge is 2.24. The van der Waals surface area contributed by atoms with E-state index in [0.29, 0.717) is 11.3 Å². The van der Waals surface area contributed by atoms with Gasteiger partial charge in [0, 0.05) is 10.0 Å². The molecule has 0 aliphatic rings. The zero-order valence-corrected chi connectivity index (χ0v) is 12.1. The number of halogens is 1. The number of methoxy groups -OCH3 is 2. The summed E-state index contributed by atoms with van der Waals surface area (Å²) in [6.07, 6.45) is -1.37. The van der Waals surface area contributed by atoms with E-state index < -0.39 is 12.1 Å². The summed E-state index contributed by atoms with van der Waals surface area (Å²) in [7, 11) is 2.73. The van der Waals surface area contributed by atoms with Crippen molar-refractivity contribution in [3.63, 3.8) is 0 Å². The van der Waals surface area contributed by atoms with Gasteiger partial charge in [-0.3, -0.25) is 0 Å². The number of carbonyl (C=O) groups excluding carboxylic acids is 1. The van der Waals surface area contributed by atoms with E-state index in [9.17, 15) is 9.90 Å². The van der Waals surface area contributed by atoms with Gasteiger partial charge in [0.05, 0.1) is 14.2 Å². The molecule has 1 N–H and O–H groups in total. The molecule has 0 spiro atoms. The summed E-state index contributed by atoms with van der Waals surface area (Å²) >= 11 is 3.39. The van der Waals surface area contributed by atoms with Crippen molar-refractivity contribution in [1.82, 2.24) is 0 Å². The molecule has 19 heavy (non-hydrogen) atoms. The molecule has 0 saturated heterocycles. The fraction of sp³-hybridized carbons (Fsp3) is 0.214. The van der Waals surface area contributed by atoms with E-state index >= 15 is 0 Å². The van der Waals surface area contributed by atoms with Gasteiger partial charge in [-0.25, -0.2) is 4.79 Å². The van der Waals surface area contributed by atoms with Crippen molar-refractivity contribution in [2.24, 2.45) is 0 Å². The van der Waals surface area contributed by atoms with Crippen LogP contribution in [0.15, 0.2) is 34.8 Å². The van der Waals surface area contributed by atoms with Gasteiger partial charge < -0.3 is 14.6 Å². The summed E-state index contributed by atoms with van der Waals surface area (Å²) < 4.78 is 10.7. The largest absolute Gasteiger partial charge is 0.496 e. The molecule has 5 heteroatoms. The minimum Gasteiger partial charge on any atom is -0.496 e. The Morgan fingerprint density at radius 1 is 1.26 bits per heavy atom. The Kier molecular flexibility index (Phi) is 4.07. The molecule has 0 heterocycles. The van der Waals surface area contributed by atoms with E-state index in [4.69, 9.17) is 4.74 Å². The van der Waals surface area contributed by atoms with Gasteiger partial charge in [0.15, 0.2) is 6.10 Å². The lowest BCUT2D eigenvalue weighted by Crippen LogP contribution is -2.14. The Labute approximate surface area is 119 Å². The topological polar surface area (TPSA) is 55.8 Å². The molecule has 4 nitrogen and oxygen atoms in total. The first kappa shape index (κ1) is 13.8. The molecule has 0 radical (unpaired) electrons. The second-order valence-electron chi connectivity index (χ2n) is 3.97. The first-order valence-corrected chi connectivity index (χ1v) is 6.40. The van der Waals surface area contributed by atoms with E-state index in [1.165, 1.54) is 14.2 Å². The Morgan fingerprint density at radius 2 is 2.00 bits per heavy atom. The maximum Gasteiger partial charge on any atom is 0.339 e. The number of esters is 1. The van der Waals surface area contributed by atoms with Crippen LogP contribution in [-0.4, -0.2) is 25.3 Å². The predicted molar refractivity (Wildman–Crippen MR) is 75.2 cm³/mol. The molecule has 0 fully saturated rings. The van der Waals surface area contributed by atoms with Crippen LogP contribution < -0.4 is 4.74 Å². The van der Waals surface area contributed by atoms with Crippen molar-refractivity contribution in [2.45, 2.75) is 6.10 Å². The molecule has 0 amide bonds. The smallest absolute Gasteiger partial charge is 0.339 e. The number of hydrogen-bond acceptors (Lipinski definition) is 4. The summed E-state index contributed by atoms with van der Waals surface area (Å²) in [5, 5.41) is 11.7. The van der Waals surface area contributed by atoms with Crippen molar-refractivity contribution < 1.29 is 19.4 Å². The van der Waals surface area contributed by atoms with Gasteiger partial charge in [0.25, 0.3) is 0 Å². The fourth-order valence-corrected chi connectivity index (χ4v) is 2.37. The Hall–Kier alpha value is -1.59. The average molecular weight is 325 g/mol. The van der Waals surface area contributed by atoms with Crippen molar-refractivity contribution in [1.29, 1.82) is 0 Å². The molecule has 100 valence electrons. The number of ether oxygens (including phenoxy) is 2. The lowest BCUT2D eigenvalue weighted by Gasteiger charge is -2.16. The highest BCUT2D eigenvalue weighted by atomic mass is 79.9. The number of aliphatic hydroxyl groups excluding tert-OH is 1. The number of carbonyl (C=O) groups is 1. The van der Waals surface area contributed by atoms with Crippen LogP contribution in [0.5, 0.6) is 5.75 Å². The van der Waals surface area contributed by atoms with Crippen molar-refractivity contribution >= 4 is 32.7 Å². The van der Waals surface area contributed by atoms with Crippen LogP contribution in [0, 0.1) is 0 Å². The molecular weight excluding hydrogens is 312 g/mol. The Balaban J connectivity index is 2.70. The molecule has 0 aromatic heterocycles. The minimum atomic E-state index is -1.37. The van der Waals surface area contributed by atoms with Crippen molar-refractivity contribution in [2.75, 3.05) is 14.2 Å². The third-order valence-corrected chi connectivity index (χ3v) is 3.39. The highest BCUT2D eigenvalue weighted by molar-refractivity contribution is 9.10. The third kappa shape index (κ3) is 2.57. The molecule has 0 aliphatic heterocycles. The maximum absolute atomic E-state index is 11.6. The summed E-state index contributed by atoms with van der Waals surface area (Å²) in [6, 6.07) is 9.16. The molecule has 1 atom stereocenters. The molecule has 0 saturated carbocycles. The number of benzene rings is 2. The van der Waals surface area contributed by atoms with E-state index in [-0.39, 0.29) is 0 Å². The van der Waals surface area contributed by atoms with E-state index in [1.54, 1.807) is 6.07 Å². The van der Waals surface area contributed by atoms with Gasteiger partial charge in [-0.1, -0.05) is 28.1 Å². The minimum absolute atomic E-state index is 0.416. The normalized spacial score (nSPS) is 12.2. The van der Waals surface area contributed by atoms with Crippen molar-refractivity contribution in [3.05, 3.63) is 40.4 Å². The average Bonchev–Trinajstić information content (AvgIpc) is 2.44. The van der Waals surface area contributed by atoms with Gasteiger partial charge in [-0.05, 0) is 29.0 Å². The summed E-state index contributed by atoms with van der Waals surface area (Å²) in [4.78, 5) is 11.6. The lowest BCUT2D eigenvalue weighted by atomic mass is 9.99. The zero-order valence-electron chi connectivity index (χ0n) is 10.5. The number of fused-ring (bicyclic) bond motifs is 1. The Morgan fingerprint density at radius 3 is 2.63 bits per heavy atom. The molecule has 2 aromatic carbocycles. The second kappa shape index (κ2) is 5.59. The van der Waals surface area contributed by atoms with E-state index in [0.717, 1.165) is 15.2 Å². The van der Waals surface area contributed by atoms with Crippen molar-refractivity contribution in [3.8, 4) is 5.75 Å². The maximum atomic E-state index is 11.6. The summed E-state index contributed by atoms with van der Waals surface area (Å²) in [5.41, 5.74) is 0.416. The molecular formula is C14H13BrO4. The van der Waals surface area contributed by atoms with Crippen LogP contribution in [0.25, 0.3) is 10.8 Å². The van der Waals surface area contributed by atoms with Crippen LogP contribution in [0.3, 0.4) is 0 Å². The molecule has 0 bridgehead atoms. The van der Waals surface area contributed by atoms with Crippen LogP contribution in [0.4, 0.5) is 0 Å². The number of aliphatic hydroxyl groups is 1. The van der Waals surface area contributed by atoms with Gasteiger partial charge >= 0.3 is 5.97 Å². The van der Waals surface area contributed by atoms with Crippen LogP contribution in [-0.2, 0) is 9.53 Å². The summed E-state index contributed by atoms with van der Waals surface area (Å²) in [5.74, 6) is -0.263. The first-order valence-electron chi connectivity index (χ1n) is 5.60. The number of rotatable bonds is 3. The van der Waals surface area contributed by atoms with Gasteiger partial charge in [0.1, 0.15) is 5.75 Å². The second-order valence-corrected chi connectivity index (χ2v) is 4.89. The van der Waals surface area contributed by atoms with E-state index in [2.05, 4.69) is 20.7 Å².